The SMILES string of the molecule is CCCCCCn1c(CCCc2ccc(OC(C)(C)C(=O)O)cc2)nc2ccc(-c3ccccc3)cc21. The van der Waals surface area contributed by atoms with E-state index in [0.29, 0.717) is 5.75 Å². The van der Waals surface area contributed by atoms with Crippen LogP contribution in [0, 0.1) is 0 Å². The molecule has 5 nitrogen and oxygen atoms in total. The van der Waals surface area contributed by atoms with E-state index in [4.69, 9.17) is 9.72 Å². The molecule has 0 fully saturated rings. The summed E-state index contributed by atoms with van der Waals surface area (Å²) in [6.07, 6.45) is 7.72. The second-order valence-electron chi connectivity index (χ2n) is 10.2. The topological polar surface area (TPSA) is 64.3 Å². The highest BCUT2D eigenvalue weighted by molar-refractivity contribution is 5.82. The molecule has 0 saturated heterocycles. The van der Waals surface area contributed by atoms with Crippen LogP contribution in [0.4, 0.5) is 0 Å². The van der Waals surface area contributed by atoms with Gasteiger partial charge in [-0.2, -0.15) is 0 Å². The van der Waals surface area contributed by atoms with Crippen LogP contribution in [0.25, 0.3) is 22.2 Å². The molecule has 5 heteroatoms. The molecule has 1 N–H and O–H groups in total. The Hall–Kier alpha value is -3.60. The monoisotopic (exact) mass is 498 g/mol. The molecule has 0 aliphatic rings. The average molecular weight is 499 g/mol. The number of carbonyl (C=O) groups is 1. The van der Waals surface area contributed by atoms with E-state index in [9.17, 15) is 9.90 Å². The molecule has 0 radical (unpaired) electrons. The predicted octanol–water partition coefficient (Wildman–Crippen LogP) is 7.70. The molecule has 194 valence electrons. The molecule has 0 unspecified atom stereocenters. The van der Waals surface area contributed by atoms with Crippen molar-refractivity contribution in [1.29, 1.82) is 0 Å². The second kappa shape index (κ2) is 12.1. The molecule has 0 saturated carbocycles. The number of unbranched alkanes of at least 4 members (excludes halogenated alkanes) is 3. The Labute approximate surface area is 220 Å². The van der Waals surface area contributed by atoms with Gasteiger partial charge in [0.2, 0.25) is 0 Å². The molecule has 4 rings (SSSR count). The number of fused-ring (bicyclic) bond motifs is 1. The highest BCUT2D eigenvalue weighted by Gasteiger charge is 2.29. The Kier molecular flexibility index (Phi) is 8.65. The maximum Gasteiger partial charge on any atom is 0.347 e. The average Bonchev–Trinajstić information content (AvgIpc) is 3.24. The van der Waals surface area contributed by atoms with Crippen LogP contribution >= 0.6 is 0 Å². The first-order chi connectivity index (χ1) is 17.9. The van der Waals surface area contributed by atoms with Gasteiger partial charge in [-0.05, 0) is 74.1 Å². The predicted molar refractivity (Wildman–Crippen MR) is 150 cm³/mol. The number of hydrogen-bond acceptors (Lipinski definition) is 3. The summed E-state index contributed by atoms with van der Waals surface area (Å²) in [4.78, 5) is 16.4. The zero-order valence-electron chi connectivity index (χ0n) is 22.2. The van der Waals surface area contributed by atoms with Gasteiger partial charge in [0.15, 0.2) is 5.60 Å². The first-order valence-corrected chi connectivity index (χ1v) is 13.4. The summed E-state index contributed by atoms with van der Waals surface area (Å²) < 4.78 is 8.06. The van der Waals surface area contributed by atoms with Gasteiger partial charge in [-0.15, -0.1) is 0 Å². The van der Waals surface area contributed by atoms with Crippen molar-refractivity contribution in [3.05, 3.63) is 84.2 Å². The van der Waals surface area contributed by atoms with Crippen LogP contribution in [0.15, 0.2) is 72.8 Å². The third-order valence-corrected chi connectivity index (χ3v) is 6.85. The van der Waals surface area contributed by atoms with Gasteiger partial charge in [-0.3, -0.25) is 0 Å². The van der Waals surface area contributed by atoms with E-state index in [1.807, 2.05) is 24.3 Å². The number of benzene rings is 3. The van der Waals surface area contributed by atoms with E-state index in [2.05, 4.69) is 60.0 Å². The minimum atomic E-state index is -1.25. The molecule has 1 aromatic heterocycles. The van der Waals surface area contributed by atoms with Crippen LogP contribution < -0.4 is 4.74 Å². The Balaban J connectivity index is 1.47. The molecule has 3 aromatic carbocycles. The van der Waals surface area contributed by atoms with E-state index in [-0.39, 0.29) is 0 Å². The van der Waals surface area contributed by atoms with Crippen LogP contribution in [-0.4, -0.2) is 26.2 Å². The fourth-order valence-electron chi connectivity index (χ4n) is 4.63. The third-order valence-electron chi connectivity index (χ3n) is 6.85. The Bertz CT molecular complexity index is 1310. The second-order valence-corrected chi connectivity index (χ2v) is 10.2. The lowest BCUT2D eigenvalue weighted by Crippen LogP contribution is -2.37. The van der Waals surface area contributed by atoms with Crippen LogP contribution in [-0.2, 0) is 24.2 Å². The van der Waals surface area contributed by atoms with Crippen LogP contribution in [0.5, 0.6) is 5.75 Å². The molecule has 0 aliphatic heterocycles. The van der Waals surface area contributed by atoms with E-state index < -0.39 is 11.6 Å². The Morgan fingerprint density at radius 1 is 0.892 bits per heavy atom. The van der Waals surface area contributed by atoms with E-state index in [0.717, 1.165) is 43.6 Å². The molecule has 1 heterocycles. The number of aryl methyl sites for hydroxylation is 3. The maximum absolute atomic E-state index is 11.3. The van der Waals surface area contributed by atoms with Gasteiger partial charge in [0.1, 0.15) is 11.6 Å². The van der Waals surface area contributed by atoms with Crippen LogP contribution in [0.2, 0.25) is 0 Å². The molecule has 0 bridgehead atoms. The number of hydrogen-bond donors (Lipinski definition) is 1. The van der Waals surface area contributed by atoms with Gasteiger partial charge in [-0.25, -0.2) is 9.78 Å². The summed E-state index contributed by atoms with van der Waals surface area (Å²) in [5.74, 6) is 0.740. The largest absolute Gasteiger partial charge is 0.478 e. The van der Waals surface area contributed by atoms with Crippen LogP contribution in [0.1, 0.15) is 64.3 Å². The maximum atomic E-state index is 11.3. The number of carboxylic acid groups (broad SMARTS) is 1. The van der Waals surface area contributed by atoms with Gasteiger partial charge in [0.05, 0.1) is 11.0 Å². The zero-order valence-corrected chi connectivity index (χ0v) is 22.2. The molecule has 0 spiro atoms. The van der Waals surface area contributed by atoms with Crippen molar-refractivity contribution >= 4 is 17.0 Å². The molecule has 0 aliphatic carbocycles. The number of imidazole rings is 1. The van der Waals surface area contributed by atoms with Crippen molar-refractivity contribution in [3.63, 3.8) is 0 Å². The van der Waals surface area contributed by atoms with Gasteiger partial charge < -0.3 is 14.4 Å². The molecule has 0 atom stereocenters. The van der Waals surface area contributed by atoms with Crippen molar-refractivity contribution < 1.29 is 14.6 Å². The summed E-state index contributed by atoms with van der Waals surface area (Å²) in [7, 11) is 0. The molecule has 37 heavy (non-hydrogen) atoms. The fraction of sp³-hybridized carbons (Fsp3) is 0.375. The lowest BCUT2D eigenvalue weighted by atomic mass is 10.1. The smallest absolute Gasteiger partial charge is 0.347 e. The number of nitrogens with zero attached hydrogens (tertiary/aromatic N) is 2. The first-order valence-electron chi connectivity index (χ1n) is 13.4. The van der Waals surface area contributed by atoms with E-state index >= 15 is 0 Å². The van der Waals surface area contributed by atoms with Crippen molar-refractivity contribution in [3.8, 4) is 16.9 Å². The quantitative estimate of drug-likeness (QED) is 0.192. The first kappa shape index (κ1) is 26.5. The minimum Gasteiger partial charge on any atom is -0.478 e. The third kappa shape index (κ3) is 6.79. The van der Waals surface area contributed by atoms with Crippen molar-refractivity contribution in [1.82, 2.24) is 9.55 Å². The summed E-state index contributed by atoms with van der Waals surface area (Å²) in [6.45, 7) is 6.35. The van der Waals surface area contributed by atoms with Crippen molar-refractivity contribution in [2.45, 2.75) is 77.9 Å². The molecule has 4 aromatic rings. The van der Waals surface area contributed by atoms with E-state index in [1.54, 1.807) is 13.8 Å². The Morgan fingerprint density at radius 3 is 2.35 bits per heavy atom. The number of aliphatic carboxylic acids is 1. The summed E-state index contributed by atoms with van der Waals surface area (Å²) >= 11 is 0. The zero-order chi connectivity index (χ0) is 26.3. The standard InChI is InChI=1S/C32H38N2O3/c1-4-5-6-10-22-34-29-23-26(25-13-8-7-9-14-25)18-21-28(29)33-30(34)15-11-12-24-16-19-27(20-17-24)37-32(2,3)31(35)36/h7-9,13-14,16-21,23H,4-6,10-12,15,22H2,1-3H3,(H,35,36). The van der Waals surface area contributed by atoms with E-state index in [1.165, 1.54) is 41.5 Å². The molecular formula is C32H38N2O3. The summed E-state index contributed by atoms with van der Waals surface area (Å²) in [6, 6.07) is 24.9. The van der Waals surface area contributed by atoms with Gasteiger partial charge in [-0.1, -0.05) is 74.7 Å². The van der Waals surface area contributed by atoms with Crippen molar-refractivity contribution in [2.24, 2.45) is 0 Å². The highest BCUT2D eigenvalue weighted by Crippen LogP contribution is 2.27. The number of ether oxygens (including phenoxy) is 1. The fourth-order valence-corrected chi connectivity index (χ4v) is 4.63. The van der Waals surface area contributed by atoms with Gasteiger partial charge in [0, 0.05) is 13.0 Å². The number of carboxylic acids is 1. The minimum absolute atomic E-state index is 0.569. The lowest BCUT2D eigenvalue weighted by Gasteiger charge is -2.21. The molecule has 0 amide bonds. The number of aromatic nitrogens is 2. The van der Waals surface area contributed by atoms with Gasteiger partial charge in [0.25, 0.3) is 0 Å². The van der Waals surface area contributed by atoms with Crippen LogP contribution in [0.3, 0.4) is 0 Å². The summed E-state index contributed by atoms with van der Waals surface area (Å²) in [5, 5.41) is 9.28. The van der Waals surface area contributed by atoms with Crippen molar-refractivity contribution in [2.75, 3.05) is 0 Å². The molecular weight excluding hydrogens is 460 g/mol. The highest BCUT2D eigenvalue weighted by atomic mass is 16.5. The normalized spacial score (nSPS) is 11.6. The number of rotatable bonds is 13. The van der Waals surface area contributed by atoms with Gasteiger partial charge >= 0.3 is 5.97 Å². The lowest BCUT2D eigenvalue weighted by molar-refractivity contribution is -0.152. The Morgan fingerprint density at radius 2 is 1.65 bits per heavy atom. The summed E-state index contributed by atoms with van der Waals surface area (Å²) in [5.41, 5.74) is 4.69.